The summed E-state index contributed by atoms with van der Waals surface area (Å²) in [6.45, 7) is 8.28. The number of rotatable bonds is 10. The zero-order chi connectivity index (χ0) is 16.0. The Morgan fingerprint density at radius 3 is 2.48 bits per heavy atom. The second-order valence-corrected chi connectivity index (χ2v) is 7.37. The molecular weight excluding hydrogens is 419 g/mol. The Balaban J connectivity index is 0.00000484. The van der Waals surface area contributed by atoms with E-state index in [0.29, 0.717) is 0 Å². The zero-order valence-electron chi connectivity index (χ0n) is 15.3. The lowest BCUT2D eigenvalue weighted by molar-refractivity contribution is 0.181. The summed E-state index contributed by atoms with van der Waals surface area (Å²) in [6, 6.07) is 0. The molecule has 1 atom stereocenters. The number of nitrogens with zero attached hydrogens (tertiary/aromatic N) is 2. The van der Waals surface area contributed by atoms with E-state index in [1.807, 2.05) is 18.8 Å². The average Bonchev–Trinajstić information content (AvgIpc) is 2.52. The Morgan fingerprint density at radius 2 is 1.87 bits per heavy atom. The number of unbranched alkanes of at least 4 members (excludes halogenated alkanes) is 2. The molecule has 1 heterocycles. The van der Waals surface area contributed by atoms with Crippen LogP contribution in [0.3, 0.4) is 0 Å². The minimum Gasteiger partial charge on any atom is -0.356 e. The van der Waals surface area contributed by atoms with Crippen molar-refractivity contribution < 1.29 is 0 Å². The minimum atomic E-state index is 0. The molecule has 0 aromatic carbocycles. The molecule has 1 unspecified atom stereocenters. The molecule has 0 saturated carbocycles. The molecule has 1 saturated heterocycles. The smallest absolute Gasteiger partial charge is 0.190 e. The van der Waals surface area contributed by atoms with E-state index in [4.69, 9.17) is 0 Å². The zero-order valence-corrected chi connectivity index (χ0v) is 18.4. The van der Waals surface area contributed by atoms with Crippen LogP contribution in [0.5, 0.6) is 0 Å². The molecule has 1 aliphatic rings. The first kappa shape index (κ1) is 23.3. The van der Waals surface area contributed by atoms with Gasteiger partial charge in [0.2, 0.25) is 0 Å². The van der Waals surface area contributed by atoms with Crippen LogP contribution in [-0.2, 0) is 0 Å². The van der Waals surface area contributed by atoms with Crippen molar-refractivity contribution in [1.82, 2.24) is 15.5 Å². The van der Waals surface area contributed by atoms with Crippen LogP contribution in [0.2, 0.25) is 0 Å². The van der Waals surface area contributed by atoms with Crippen LogP contribution in [0.25, 0.3) is 0 Å². The van der Waals surface area contributed by atoms with Crippen LogP contribution in [0, 0.1) is 5.92 Å². The highest BCUT2D eigenvalue weighted by molar-refractivity contribution is 14.0. The summed E-state index contributed by atoms with van der Waals surface area (Å²) in [5, 5.41) is 6.82. The summed E-state index contributed by atoms with van der Waals surface area (Å²) in [5.41, 5.74) is 0. The van der Waals surface area contributed by atoms with Crippen molar-refractivity contribution in [1.29, 1.82) is 0 Å². The fourth-order valence-electron chi connectivity index (χ4n) is 2.96. The molecule has 1 aliphatic heterocycles. The third kappa shape index (κ3) is 12.3. The van der Waals surface area contributed by atoms with E-state index >= 15 is 0 Å². The maximum atomic E-state index is 4.28. The first-order valence-corrected chi connectivity index (χ1v) is 10.3. The lowest BCUT2D eigenvalue weighted by atomic mass is 10.0. The van der Waals surface area contributed by atoms with Crippen molar-refractivity contribution in [2.45, 2.75) is 45.4 Å². The van der Waals surface area contributed by atoms with Gasteiger partial charge in [0.15, 0.2) is 5.96 Å². The monoisotopic (exact) mass is 456 g/mol. The number of aliphatic imine (C=N–C) groups is 1. The van der Waals surface area contributed by atoms with E-state index < -0.39 is 0 Å². The summed E-state index contributed by atoms with van der Waals surface area (Å²) in [7, 11) is 1.85. The fraction of sp³-hybridized carbons (Fsp3) is 0.941. The second kappa shape index (κ2) is 15.8. The van der Waals surface area contributed by atoms with Crippen molar-refractivity contribution in [3.63, 3.8) is 0 Å². The lowest BCUT2D eigenvalue weighted by Crippen LogP contribution is -2.38. The number of nitrogens with one attached hydrogen (secondary N) is 2. The molecule has 0 bridgehead atoms. The van der Waals surface area contributed by atoms with Crippen LogP contribution >= 0.6 is 35.7 Å². The fourth-order valence-corrected chi connectivity index (χ4v) is 3.45. The van der Waals surface area contributed by atoms with Crippen LogP contribution in [-0.4, -0.2) is 62.6 Å². The lowest BCUT2D eigenvalue weighted by Gasteiger charge is -2.30. The van der Waals surface area contributed by atoms with Crippen molar-refractivity contribution in [2.75, 3.05) is 51.8 Å². The highest BCUT2D eigenvalue weighted by atomic mass is 127. The van der Waals surface area contributed by atoms with Crippen LogP contribution in [0.15, 0.2) is 4.99 Å². The number of thioether (sulfide) groups is 1. The van der Waals surface area contributed by atoms with Crippen LogP contribution < -0.4 is 10.6 Å². The SMILES string of the molecule is CN=C(NCCCCSC)NCCCCN1CCCC(C)C1.I. The molecule has 0 aromatic heterocycles. The topological polar surface area (TPSA) is 39.7 Å². The molecule has 138 valence electrons. The number of halogens is 1. The van der Waals surface area contributed by atoms with Gasteiger partial charge in [0.05, 0.1) is 0 Å². The van der Waals surface area contributed by atoms with E-state index in [0.717, 1.165) is 25.0 Å². The number of hydrogen-bond acceptors (Lipinski definition) is 3. The van der Waals surface area contributed by atoms with Gasteiger partial charge in [-0.2, -0.15) is 11.8 Å². The summed E-state index contributed by atoms with van der Waals surface area (Å²) >= 11 is 1.92. The normalized spacial score (nSPS) is 19.3. The summed E-state index contributed by atoms with van der Waals surface area (Å²) in [5.74, 6) is 3.10. The van der Waals surface area contributed by atoms with Gasteiger partial charge >= 0.3 is 0 Å². The highest BCUT2D eigenvalue weighted by Gasteiger charge is 2.15. The predicted octanol–water partition coefficient (Wildman–Crippen LogP) is 3.42. The van der Waals surface area contributed by atoms with E-state index in [9.17, 15) is 0 Å². The molecular formula is C17H37IN4S. The maximum Gasteiger partial charge on any atom is 0.190 e. The predicted molar refractivity (Wildman–Crippen MR) is 116 cm³/mol. The van der Waals surface area contributed by atoms with Gasteiger partial charge in [-0.25, -0.2) is 0 Å². The Hall–Kier alpha value is 0.310. The number of hydrogen-bond donors (Lipinski definition) is 2. The minimum absolute atomic E-state index is 0. The average molecular weight is 456 g/mol. The van der Waals surface area contributed by atoms with Crippen LogP contribution in [0.1, 0.15) is 45.4 Å². The number of guanidine groups is 1. The van der Waals surface area contributed by atoms with Gasteiger partial charge in [-0.1, -0.05) is 6.92 Å². The highest BCUT2D eigenvalue weighted by Crippen LogP contribution is 2.15. The Morgan fingerprint density at radius 1 is 1.17 bits per heavy atom. The van der Waals surface area contributed by atoms with Crippen molar-refractivity contribution >= 4 is 41.7 Å². The standard InChI is InChI=1S/C17H36N4S.HI/c1-16-9-8-13-21(15-16)12-6-4-10-19-17(18-2)20-11-5-7-14-22-3;/h16H,4-15H2,1-3H3,(H2,18,19,20);1H. The van der Waals surface area contributed by atoms with Crippen LogP contribution in [0.4, 0.5) is 0 Å². The van der Waals surface area contributed by atoms with Gasteiger partial charge in [-0.05, 0) is 69.5 Å². The largest absolute Gasteiger partial charge is 0.356 e. The molecule has 1 fully saturated rings. The molecule has 0 aliphatic carbocycles. The molecule has 23 heavy (non-hydrogen) atoms. The van der Waals surface area contributed by atoms with Gasteiger partial charge in [-0.15, -0.1) is 24.0 Å². The Labute approximate surface area is 165 Å². The maximum absolute atomic E-state index is 4.28. The summed E-state index contributed by atoms with van der Waals surface area (Å²) in [6.07, 6.45) is 9.96. The molecule has 0 amide bonds. The Bertz CT molecular complexity index is 302. The third-order valence-corrected chi connectivity index (χ3v) is 4.92. The third-order valence-electron chi connectivity index (χ3n) is 4.23. The molecule has 6 heteroatoms. The van der Waals surface area contributed by atoms with Gasteiger partial charge in [0, 0.05) is 26.7 Å². The number of likely N-dealkylation sites (tertiary alicyclic amines) is 1. The molecule has 0 aromatic rings. The summed E-state index contributed by atoms with van der Waals surface area (Å²) in [4.78, 5) is 6.91. The quantitative estimate of drug-likeness (QED) is 0.229. The van der Waals surface area contributed by atoms with Gasteiger partial charge in [0.1, 0.15) is 0 Å². The van der Waals surface area contributed by atoms with Crippen molar-refractivity contribution in [2.24, 2.45) is 10.9 Å². The van der Waals surface area contributed by atoms with E-state index in [-0.39, 0.29) is 24.0 Å². The number of piperidine rings is 1. The Kier molecular flexibility index (Phi) is 16.0. The molecule has 4 nitrogen and oxygen atoms in total. The summed E-state index contributed by atoms with van der Waals surface area (Å²) < 4.78 is 0. The first-order valence-electron chi connectivity index (χ1n) is 8.92. The van der Waals surface area contributed by atoms with Gasteiger partial charge in [0.25, 0.3) is 0 Å². The van der Waals surface area contributed by atoms with Crippen molar-refractivity contribution in [3.05, 3.63) is 0 Å². The molecule has 0 radical (unpaired) electrons. The molecule has 1 rings (SSSR count). The molecule has 2 N–H and O–H groups in total. The van der Waals surface area contributed by atoms with E-state index in [1.165, 1.54) is 63.9 Å². The first-order chi connectivity index (χ1) is 10.8. The van der Waals surface area contributed by atoms with Gasteiger partial charge in [-0.3, -0.25) is 4.99 Å². The second-order valence-electron chi connectivity index (χ2n) is 6.38. The van der Waals surface area contributed by atoms with E-state index in [2.05, 4.69) is 33.7 Å². The molecule has 0 spiro atoms. The van der Waals surface area contributed by atoms with E-state index in [1.54, 1.807) is 0 Å². The van der Waals surface area contributed by atoms with Crippen molar-refractivity contribution in [3.8, 4) is 0 Å². The van der Waals surface area contributed by atoms with Gasteiger partial charge < -0.3 is 15.5 Å².